The Kier molecular flexibility index (Phi) is 5.48. The van der Waals surface area contributed by atoms with Gasteiger partial charge in [0.05, 0.1) is 6.04 Å². The van der Waals surface area contributed by atoms with Crippen molar-refractivity contribution in [1.82, 2.24) is 5.32 Å². The lowest BCUT2D eigenvalue weighted by molar-refractivity contribution is 0.503. The van der Waals surface area contributed by atoms with Gasteiger partial charge in [0.2, 0.25) is 0 Å². The molecule has 0 aliphatic carbocycles. The average molecular weight is 387 g/mol. The SMILES string of the molecule is CCCNC(c1ccc(F)c(F)c1)c1ccccc1I. The zero-order valence-electron chi connectivity index (χ0n) is 11.2. The van der Waals surface area contributed by atoms with Crippen molar-refractivity contribution in [2.75, 3.05) is 6.54 Å². The van der Waals surface area contributed by atoms with E-state index in [2.05, 4.69) is 34.8 Å². The van der Waals surface area contributed by atoms with E-state index < -0.39 is 11.6 Å². The molecule has 0 spiro atoms. The lowest BCUT2D eigenvalue weighted by atomic mass is 9.98. The molecular formula is C16H16F2IN. The predicted molar refractivity (Wildman–Crippen MR) is 85.7 cm³/mol. The molecule has 0 aromatic heterocycles. The van der Waals surface area contributed by atoms with Crippen LogP contribution in [-0.2, 0) is 0 Å². The zero-order valence-corrected chi connectivity index (χ0v) is 13.3. The molecule has 0 bridgehead atoms. The van der Waals surface area contributed by atoms with Crippen molar-refractivity contribution < 1.29 is 8.78 Å². The standard InChI is InChI=1S/C16H16F2IN/c1-2-9-20-16(12-5-3-4-6-15(12)19)11-7-8-13(17)14(18)10-11/h3-8,10,16,20H,2,9H2,1H3. The van der Waals surface area contributed by atoms with Gasteiger partial charge in [-0.05, 0) is 64.9 Å². The van der Waals surface area contributed by atoms with Crippen LogP contribution in [0.2, 0.25) is 0 Å². The highest BCUT2D eigenvalue weighted by molar-refractivity contribution is 14.1. The second-order valence-corrected chi connectivity index (χ2v) is 5.74. The molecule has 0 saturated heterocycles. The van der Waals surface area contributed by atoms with Crippen LogP contribution in [0.4, 0.5) is 8.78 Å². The van der Waals surface area contributed by atoms with E-state index in [0.29, 0.717) is 0 Å². The van der Waals surface area contributed by atoms with E-state index in [1.54, 1.807) is 6.07 Å². The third-order valence-corrected chi connectivity index (χ3v) is 4.07. The molecule has 1 unspecified atom stereocenters. The lowest BCUT2D eigenvalue weighted by Gasteiger charge is -2.21. The van der Waals surface area contributed by atoms with Gasteiger partial charge in [-0.2, -0.15) is 0 Å². The van der Waals surface area contributed by atoms with Gasteiger partial charge in [0.25, 0.3) is 0 Å². The molecule has 0 amide bonds. The van der Waals surface area contributed by atoms with E-state index >= 15 is 0 Å². The van der Waals surface area contributed by atoms with E-state index in [1.165, 1.54) is 12.1 Å². The van der Waals surface area contributed by atoms with Gasteiger partial charge < -0.3 is 5.32 Å². The normalized spacial score (nSPS) is 12.4. The Bertz CT molecular complexity index is 586. The van der Waals surface area contributed by atoms with Crippen LogP contribution in [0.5, 0.6) is 0 Å². The highest BCUT2D eigenvalue weighted by Crippen LogP contribution is 2.27. The fourth-order valence-corrected chi connectivity index (χ4v) is 2.80. The molecule has 0 heterocycles. The monoisotopic (exact) mass is 387 g/mol. The Morgan fingerprint density at radius 1 is 1.10 bits per heavy atom. The minimum absolute atomic E-state index is 0.127. The van der Waals surface area contributed by atoms with Gasteiger partial charge >= 0.3 is 0 Å². The van der Waals surface area contributed by atoms with Crippen molar-refractivity contribution in [3.05, 3.63) is 68.8 Å². The minimum atomic E-state index is -0.814. The summed E-state index contributed by atoms with van der Waals surface area (Å²) in [7, 11) is 0. The highest BCUT2D eigenvalue weighted by Gasteiger charge is 2.17. The van der Waals surface area contributed by atoms with Crippen LogP contribution in [0.3, 0.4) is 0 Å². The van der Waals surface area contributed by atoms with E-state index in [1.807, 2.05) is 24.3 Å². The summed E-state index contributed by atoms with van der Waals surface area (Å²) in [6, 6.07) is 11.9. The summed E-state index contributed by atoms with van der Waals surface area (Å²) in [6.45, 7) is 2.89. The molecule has 0 fully saturated rings. The highest BCUT2D eigenvalue weighted by atomic mass is 127. The van der Waals surface area contributed by atoms with Crippen molar-refractivity contribution >= 4 is 22.6 Å². The molecular weight excluding hydrogens is 371 g/mol. The molecule has 0 aliphatic heterocycles. The number of benzene rings is 2. The molecule has 2 aromatic carbocycles. The fraction of sp³-hybridized carbons (Fsp3) is 0.250. The fourth-order valence-electron chi connectivity index (χ4n) is 2.10. The zero-order chi connectivity index (χ0) is 14.5. The summed E-state index contributed by atoms with van der Waals surface area (Å²) in [5, 5.41) is 3.40. The second kappa shape index (κ2) is 7.13. The molecule has 1 nitrogen and oxygen atoms in total. The first-order valence-corrected chi connectivity index (χ1v) is 7.64. The van der Waals surface area contributed by atoms with Gasteiger partial charge in [0.15, 0.2) is 11.6 Å². The second-order valence-electron chi connectivity index (χ2n) is 4.58. The van der Waals surface area contributed by atoms with Gasteiger partial charge in [0, 0.05) is 3.57 Å². The summed E-state index contributed by atoms with van der Waals surface area (Å²) in [5.74, 6) is -1.62. The van der Waals surface area contributed by atoms with Gasteiger partial charge in [-0.25, -0.2) is 8.78 Å². The average Bonchev–Trinajstić information content (AvgIpc) is 2.44. The van der Waals surface area contributed by atoms with Crippen molar-refractivity contribution in [3.63, 3.8) is 0 Å². The van der Waals surface area contributed by atoms with Gasteiger partial charge in [-0.3, -0.25) is 0 Å². The third-order valence-electron chi connectivity index (χ3n) is 3.09. The van der Waals surface area contributed by atoms with Gasteiger partial charge in [0.1, 0.15) is 0 Å². The molecule has 106 valence electrons. The smallest absolute Gasteiger partial charge is 0.159 e. The Hall–Kier alpha value is -1.01. The predicted octanol–water partition coefficient (Wildman–Crippen LogP) is 4.66. The van der Waals surface area contributed by atoms with Gasteiger partial charge in [-0.15, -0.1) is 0 Å². The van der Waals surface area contributed by atoms with Crippen LogP contribution in [0.25, 0.3) is 0 Å². The molecule has 1 atom stereocenters. The van der Waals surface area contributed by atoms with E-state index in [0.717, 1.165) is 27.7 Å². The first-order chi connectivity index (χ1) is 9.63. The summed E-state index contributed by atoms with van der Waals surface area (Å²) in [6.07, 6.45) is 0.976. The summed E-state index contributed by atoms with van der Waals surface area (Å²) >= 11 is 2.26. The Morgan fingerprint density at radius 3 is 2.50 bits per heavy atom. The minimum Gasteiger partial charge on any atom is -0.306 e. The first-order valence-electron chi connectivity index (χ1n) is 6.56. The maximum Gasteiger partial charge on any atom is 0.159 e. The number of hydrogen-bond donors (Lipinski definition) is 1. The molecule has 0 saturated carbocycles. The molecule has 2 aromatic rings. The van der Waals surface area contributed by atoms with Crippen LogP contribution in [0.15, 0.2) is 42.5 Å². The maximum atomic E-state index is 13.5. The van der Waals surface area contributed by atoms with Crippen LogP contribution in [0, 0.1) is 15.2 Å². The van der Waals surface area contributed by atoms with Crippen molar-refractivity contribution in [2.24, 2.45) is 0 Å². The topological polar surface area (TPSA) is 12.0 Å². The number of halogens is 3. The molecule has 20 heavy (non-hydrogen) atoms. The number of nitrogens with one attached hydrogen (secondary N) is 1. The van der Waals surface area contributed by atoms with Gasteiger partial charge in [-0.1, -0.05) is 31.2 Å². The largest absolute Gasteiger partial charge is 0.306 e. The Labute approximate surface area is 131 Å². The van der Waals surface area contributed by atoms with E-state index in [9.17, 15) is 8.78 Å². The van der Waals surface area contributed by atoms with Crippen LogP contribution in [0.1, 0.15) is 30.5 Å². The van der Waals surface area contributed by atoms with E-state index in [-0.39, 0.29) is 6.04 Å². The van der Waals surface area contributed by atoms with Crippen LogP contribution < -0.4 is 5.32 Å². The Morgan fingerprint density at radius 2 is 1.85 bits per heavy atom. The van der Waals surface area contributed by atoms with E-state index in [4.69, 9.17) is 0 Å². The molecule has 0 radical (unpaired) electrons. The summed E-state index contributed by atoms with van der Waals surface area (Å²) in [5.41, 5.74) is 1.81. The van der Waals surface area contributed by atoms with Crippen molar-refractivity contribution in [3.8, 4) is 0 Å². The molecule has 0 aliphatic rings. The molecule has 2 rings (SSSR count). The quantitative estimate of drug-likeness (QED) is 0.737. The summed E-state index contributed by atoms with van der Waals surface area (Å²) < 4.78 is 27.7. The van der Waals surface area contributed by atoms with Crippen LogP contribution >= 0.6 is 22.6 Å². The Balaban J connectivity index is 2.41. The van der Waals surface area contributed by atoms with Crippen LogP contribution in [-0.4, -0.2) is 6.54 Å². The lowest BCUT2D eigenvalue weighted by Crippen LogP contribution is -2.24. The summed E-state index contributed by atoms with van der Waals surface area (Å²) in [4.78, 5) is 0. The van der Waals surface area contributed by atoms with Crippen molar-refractivity contribution in [2.45, 2.75) is 19.4 Å². The number of hydrogen-bond acceptors (Lipinski definition) is 1. The molecule has 1 N–H and O–H groups in total. The van der Waals surface area contributed by atoms with Crippen molar-refractivity contribution in [1.29, 1.82) is 0 Å². The first kappa shape index (κ1) is 15.4. The maximum absolute atomic E-state index is 13.5. The molecule has 4 heteroatoms. The third kappa shape index (κ3) is 3.55. The number of rotatable bonds is 5.